The van der Waals surface area contributed by atoms with Crippen molar-refractivity contribution in [2.45, 2.75) is 25.3 Å². The first-order valence-electron chi connectivity index (χ1n) is 11.5. The molecule has 176 valence electrons. The lowest BCUT2D eigenvalue weighted by Gasteiger charge is -2.35. The van der Waals surface area contributed by atoms with Crippen LogP contribution in [0.5, 0.6) is 11.5 Å². The number of likely N-dealkylation sites (tertiary alicyclic amines) is 1. The maximum Gasteiger partial charge on any atom is 0.291 e. The van der Waals surface area contributed by atoms with Gasteiger partial charge in [0.1, 0.15) is 5.58 Å². The van der Waals surface area contributed by atoms with Gasteiger partial charge in [-0.1, -0.05) is 30.7 Å². The van der Waals surface area contributed by atoms with Gasteiger partial charge in [0, 0.05) is 10.9 Å². The standard InChI is InChI=1S/C27H28N2O5/c1-31-21-13-8-11-19(25(21)32-2)24(29-15-6-3-7-16-29)26-23(18-10-4-5-12-20(18)34-26)28-27(30)22-14-9-17-33-22/h4-5,8-14,17,24H,3,6-7,15-16H2,1-2H3,(H,28,30)/t24-/m0/s1. The van der Waals surface area contributed by atoms with Gasteiger partial charge >= 0.3 is 0 Å². The topological polar surface area (TPSA) is 77.1 Å². The molecule has 2 aromatic carbocycles. The van der Waals surface area contributed by atoms with E-state index < -0.39 is 0 Å². The Morgan fingerprint density at radius 3 is 2.53 bits per heavy atom. The maximum absolute atomic E-state index is 13.0. The average Bonchev–Trinajstić information content (AvgIpc) is 3.54. The number of anilines is 1. The average molecular weight is 461 g/mol. The van der Waals surface area contributed by atoms with Crippen LogP contribution < -0.4 is 14.8 Å². The molecule has 1 saturated heterocycles. The summed E-state index contributed by atoms with van der Waals surface area (Å²) in [6.07, 6.45) is 4.87. The van der Waals surface area contributed by atoms with Gasteiger partial charge in [-0.25, -0.2) is 0 Å². The second-order valence-electron chi connectivity index (χ2n) is 8.35. The number of hydrogen-bond donors (Lipinski definition) is 1. The number of carbonyl (C=O) groups is 1. The largest absolute Gasteiger partial charge is 0.493 e. The van der Waals surface area contributed by atoms with Crippen molar-refractivity contribution in [1.29, 1.82) is 0 Å². The van der Waals surface area contributed by atoms with E-state index >= 15 is 0 Å². The molecule has 1 N–H and O–H groups in total. The summed E-state index contributed by atoms with van der Waals surface area (Å²) in [5, 5.41) is 3.90. The van der Waals surface area contributed by atoms with Gasteiger partial charge in [-0.05, 0) is 56.3 Å². The van der Waals surface area contributed by atoms with E-state index in [0.717, 1.165) is 36.9 Å². The van der Waals surface area contributed by atoms with E-state index in [9.17, 15) is 4.79 Å². The molecule has 5 rings (SSSR count). The fraction of sp³-hybridized carbons (Fsp3) is 0.296. The van der Waals surface area contributed by atoms with Gasteiger partial charge in [-0.2, -0.15) is 0 Å². The van der Waals surface area contributed by atoms with E-state index in [-0.39, 0.29) is 17.7 Å². The molecule has 7 heteroatoms. The number of carbonyl (C=O) groups excluding carboxylic acids is 1. The number of ether oxygens (including phenoxy) is 2. The van der Waals surface area contributed by atoms with Crippen LogP contribution in [0.15, 0.2) is 69.7 Å². The Labute approximate surface area is 198 Å². The lowest BCUT2D eigenvalue weighted by Crippen LogP contribution is -2.35. The number of methoxy groups -OCH3 is 2. The third kappa shape index (κ3) is 4.03. The summed E-state index contributed by atoms with van der Waals surface area (Å²) in [4.78, 5) is 15.4. The summed E-state index contributed by atoms with van der Waals surface area (Å²) < 4.78 is 23.2. The van der Waals surface area contributed by atoms with Crippen molar-refractivity contribution < 1.29 is 23.1 Å². The number of amides is 1. The lowest BCUT2D eigenvalue weighted by atomic mass is 9.97. The molecular formula is C27H28N2O5. The number of nitrogens with one attached hydrogen (secondary N) is 1. The maximum atomic E-state index is 13.0. The van der Waals surface area contributed by atoms with Crippen LogP contribution in [0, 0.1) is 0 Å². The molecule has 0 saturated carbocycles. The van der Waals surface area contributed by atoms with Crippen LogP contribution in [0.2, 0.25) is 0 Å². The smallest absolute Gasteiger partial charge is 0.291 e. The van der Waals surface area contributed by atoms with Gasteiger partial charge in [0.15, 0.2) is 23.0 Å². The number of hydrogen-bond acceptors (Lipinski definition) is 6. The molecule has 7 nitrogen and oxygen atoms in total. The number of furan rings is 2. The normalized spacial score (nSPS) is 15.2. The van der Waals surface area contributed by atoms with Crippen molar-refractivity contribution in [2.75, 3.05) is 32.6 Å². The summed E-state index contributed by atoms with van der Waals surface area (Å²) in [7, 11) is 3.28. The van der Waals surface area contributed by atoms with Gasteiger partial charge in [-0.3, -0.25) is 9.69 Å². The Balaban J connectivity index is 1.70. The zero-order valence-corrected chi connectivity index (χ0v) is 19.4. The molecular weight excluding hydrogens is 432 g/mol. The molecule has 2 aromatic heterocycles. The molecule has 0 spiro atoms. The highest BCUT2D eigenvalue weighted by Gasteiger charge is 2.34. The third-order valence-electron chi connectivity index (χ3n) is 6.34. The highest BCUT2D eigenvalue weighted by Crippen LogP contribution is 2.46. The fourth-order valence-electron chi connectivity index (χ4n) is 4.78. The highest BCUT2D eigenvalue weighted by molar-refractivity contribution is 6.08. The first-order chi connectivity index (χ1) is 16.7. The predicted octanol–water partition coefficient (Wildman–Crippen LogP) is 5.87. The van der Waals surface area contributed by atoms with Gasteiger partial charge in [0.05, 0.1) is 32.2 Å². The van der Waals surface area contributed by atoms with Gasteiger partial charge in [-0.15, -0.1) is 0 Å². The van der Waals surface area contributed by atoms with E-state index in [1.54, 1.807) is 26.4 Å². The van der Waals surface area contributed by atoms with Crippen LogP contribution in [-0.2, 0) is 0 Å². The number of piperidine rings is 1. The Bertz CT molecular complexity index is 1270. The molecule has 1 fully saturated rings. The van der Waals surface area contributed by atoms with E-state index in [1.807, 2.05) is 42.5 Å². The van der Waals surface area contributed by atoms with Crippen molar-refractivity contribution in [1.82, 2.24) is 4.90 Å². The Hall–Kier alpha value is -3.71. The molecule has 34 heavy (non-hydrogen) atoms. The molecule has 0 bridgehead atoms. The van der Waals surface area contributed by atoms with Gasteiger partial charge < -0.3 is 23.6 Å². The van der Waals surface area contributed by atoms with Crippen molar-refractivity contribution in [3.63, 3.8) is 0 Å². The molecule has 0 unspecified atom stereocenters. The summed E-state index contributed by atoms with van der Waals surface area (Å²) in [6, 6.07) is 16.7. The van der Waals surface area contributed by atoms with Crippen molar-refractivity contribution in [3.8, 4) is 11.5 Å². The minimum atomic E-state index is -0.326. The lowest BCUT2D eigenvalue weighted by molar-refractivity contribution is 0.0996. The molecule has 4 aromatic rings. The molecule has 1 atom stereocenters. The van der Waals surface area contributed by atoms with Crippen LogP contribution in [-0.4, -0.2) is 38.1 Å². The number of nitrogens with zero attached hydrogens (tertiary/aromatic N) is 1. The molecule has 1 amide bonds. The van der Waals surface area contributed by atoms with Crippen LogP contribution in [0.4, 0.5) is 5.69 Å². The predicted molar refractivity (Wildman–Crippen MR) is 130 cm³/mol. The number of benzene rings is 2. The minimum Gasteiger partial charge on any atom is -0.493 e. The second-order valence-corrected chi connectivity index (χ2v) is 8.35. The molecule has 0 radical (unpaired) electrons. The van der Waals surface area contributed by atoms with Crippen LogP contribution in [0.25, 0.3) is 11.0 Å². The van der Waals surface area contributed by atoms with Crippen molar-refractivity contribution >= 4 is 22.6 Å². The van der Waals surface area contributed by atoms with Crippen LogP contribution in [0.3, 0.4) is 0 Å². The summed E-state index contributed by atoms with van der Waals surface area (Å²) in [5.41, 5.74) is 2.27. The molecule has 1 aliphatic rings. The summed E-state index contributed by atoms with van der Waals surface area (Å²) >= 11 is 0. The van der Waals surface area contributed by atoms with Crippen LogP contribution in [0.1, 0.15) is 47.2 Å². The monoisotopic (exact) mass is 460 g/mol. The zero-order chi connectivity index (χ0) is 23.5. The van der Waals surface area contributed by atoms with E-state index in [1.165, 1.54) is 12.7 Å². The number of para-hydroxylation sites is 2. The van der Waals surface area contributed by atoms with E-state index in [2.05, 4.69) is 10.2 Å². The quantitative estimate of drug-likeness (QED) is 0.372. The Morgan fingerprint density at radius 1 is 0.971 bits per heavy atom. The first kappa shape index (κ1) is 22.1. The number of rotatable bonds is 7. The molecule has 0 aliphatic carbocycles. The van der Waals surface area contributed by atoms with E-state index in [4.69, 9.17) is 18.3 Å². The number of fused-ring (bicyclic) bond motifs is 1. The molecule has 1 aliphatic heterocycles. The Morgan fingerprint density at radius 2 is 1.79 bits per heavy atom. The summed E-state index contributed by atoms with van der Waals surface area (Å²) in [6.45, 7) is 1.82. The molecule has 3 heterocycles. The minimum absolute atomic E-state index is 0.240. The fourth-order valence-corrected chi connectivity index (χ4v) is 4.78. The van der Waals surface area contributed by atoms with Crippen molar-refractivity contribution in [2.24, 2.45) is 0 Å². The summed E-state index contributed by atoms with van der Waals surface area (Å²) in [5.74, 6) is 1.88. The van der Waals surface area contributed by atoms with Gasteiger partial charge in [0.25, 0.3) is 5.91 Å². The third-order valence-corrected chi connectivity index (χ3v) is 6.34. The Kier molecular flexibility index (Phi) is 6.27. The zero-order valence-electron chi connectivity index (χ0n) is 19.4. The van der Waals surface area contributed by atoms with E-state index in [0.29, 0.717) is 28.5 Å². The highest BCUT2D eigenvalue weighted by atomic mass is 16.5. The SMILES string of the molecule is COc1cccc([C@@H](c2oc3ccccc3c2NC(=O)c2ccco2)N2CCCCC2)c1OC. The first-order valence-corrected chi connectivity index (χ1v) is 11.5. The second kappa shape index (κ2) is 9.65. The van der Waals surface area contributed by atoms with Crippen LogP contribution >= 0.6 is 0 Å². The van der Waals surface area contributed by atoms with Crippen molar-refractivity contribution in [3.05, 3.63) is 77.9 Å². The van der Waals surface area contributed by atoms with Gasteiger partial charge in [0.2, 0.25) is 0 Å².